The molecule has 2 aromatic rings. The molecular formula is C21H35IN6O2S. The third kappa shape index (κ3) is 7.04. The lowest BCUT2D eigenvalue weighted by Gasteiger charge is -2.32. The zero-order valence-corrected chi connectivity index (χ0v) is 21.8. The van der Waals surface area contributed by atoms with Crippen molar-refractivity contribution in [1.82, 2.24) is 24.3 Å². The van der Waals surface area contributed by atoms with Crippen LogP contribution in [0.3, 0.4) is 0 Å². The molecule has 2 aromatic heterocycles. The van der Waals surface area contributed by atoms with E-state index < -0.39 is 10.0 Å². The number of piperidine rings is 1. The Hall–Kier alpha value is -1.40. The Bertz CT molecular complexity index is 967. The number of sulfonamides is 1. The third-order valence-corrected chi connectivity index (χ3v) is 7.44. The number of guanidine groups is 1. The summed E-state index contributed by atoms with van der Waals surface area (Å²) in [6.07, 6.45) is 7.08. The molecule has 0 spiro atoms. The van der Waals surface area contributed by atoms with Gasteiger partial charge in [0.2, 0.25) is 10.0 Å². The molecule has 1 aliphatic rings. The second-order valence-electron chi connectivity index (χ2n) is 7.80. The number of imidazole rings is 1. The van der Waals surface area contributed by atoms with Gasteiger partial charge in [-0.3, -0.25) is 4.99 Å². The van der Waals surface area contributed by atoms with E-state index >= 15 is 0 Å². The van der Waals surface area contributed by atoms with Crippen molar-refractivity contribution >= 4 is 45.6 Å². The van der Waals surface area contributed by atoms with Crippen LogP contribution in [0.15, 0.2) is 29.5 Å². The lowest BCUT2D eigenvalue weighted by atomic mass is 10.1. The summed E-state index contributed by atoms with van der Waals surface area (Å²) in [6, 6.07) is 4.32. The van der Waals surface area contributed by atoms with Gasteiger partial charge in [0.1, 0.15) is 5.65 Å². The average molecular weight is 563 g/mol. The van der Waals surface area contributed by atoms with Gasteiger partial charge >= 0.3 is 0 Å². The number of aromatic nitrogens is 2. The van der Waals surface area contributed by atoms with Crippen LogP contribution < -0.4 is 10.6 Å². The summed E-state index contributed by atoms with van der Waals surface area (Å²) < 4.78 is 28.2. The summed E-state index contributed by atoms with van der Waals surface area (Å²) in [7, 11) is -3.10. The number of nitrogens with zero attached hydrogens (tertiary/aromatic N) is 4. The number of halogens is 1. The van der Waals surface area contributed by atoms with E-state index in [-0.39, 0.29) is 35.8 Å². The molecular weight excluding hydrogens is 527 g/mol. The van der Waals surface area contributed by atoms with Crippen molar-refractivity contribution in [2.75, 3.05) is 31.9 Å². The first kappa shape index (κ1) is 25.9. The highest BCUT2D eigenvalue weighted by atomic mass is 127. The summed E-state index contributed by atoms with van der Waals surface area (Å²) in [4.78, 5) is 9.41. The molecule has 3 heterocycles. The molecule has 1 fully saturated rings. The highest BCUT2D eigenvalue weighted by Gasteiger charge is 2.27. The lowest BCUT2D eigenvalue weighted by molar-refractivity contribution is 0.306. The molecule has 2 N–H and O–H groups in total. The topological polar surface area (TPSA) is 91.1 Å². The van der Waals surface area contributed by atoms with Crippen molar-refractivity contribution < 1.29 is 8.42 Å². The minimum Gasteiger partial charge on any atom is -0.357 e. The van der Waals surface area contributed by atoms with Gasteiger partial charge in [0.15, 0.2) is 5.96 Å². The average Bonchev–Trinajstić information content (AvgIpc) is 3.13. The Balaban J connectivity index is 0.00000341. The van der Waals surface area contributed by atoms with Crippen LogP contribution in [0.2, 0.25) is 0 Å². The summed E-state index contributed by atoms with van der Waals surface area (Å²) in [6.45, 7) is 8.57. The summed E-state index contributed by atoms with van der Waals surface area (Å²) in [5, 5.41) is 6.77. The van der Waals surface area contributed by atoms with Crippen molar-refractivity contribution in [2.45, 2.75) is 52.5 Å². The fourth-order valence-corrected chi connectivity index (χ4v) is 5.33. The standard InChI is InChI=1S/C21H34N6O2S.HI/c1-4-15-30(28,29)27-13-9-18(10-14-27)25-21(22-5-2)23-11-8-19-16-26-12-6-7-17(3)20(26)24-19;/h6-7,12,16,18H,4-5,8-11,13-15H2,1-3H3,(H2,22,23,25);1H. The van der Waals surface area contributed by atoms with Gasteiger partial charge in [-0.05, 0) is 44.7 Å². The first-order valence-electron chi connectivity index (χ1n) is 10.9. The number of pyridine rings is 1. The Morgan fingerprint density at radius 3 is 2.68 bits per heavy atom. The van der Waals surface area contributed by atoms with Gasteiger partial charge in [0, 0.05) is 51.0 Å². The fraction of sp³-hybridized carbons (Fsp3) is 0.619. The molecule has 0 aromatic carbocycles. The van der Waals surface area contributed by atoms with E-state index in [0.717, 1.165) is 48.7 Å². The summed E-state index contributed by atoms with van der Waals surface area (Å²) in [5.74, 6) is 1.02. The highest BCUT2D eigenvalue weighted by molar-refractivity contribution is 14.0. The fourth-order valence-electron chi connectivity index (χ4n) is 3.79. The van der Waals surface area contributed by atoms with Crippen molar-refractivity contribution in [3.63, 3.8) is 0 Å². The highest BCUT2D eigenvalue weighted by Crippen LogP contribution is 2.15. The molecule has 0 saturated carbocycles. The molecule has 3 rings (SSSR count). The van der Waals surface area contributed by atoms with Gasteiger partial charge in [-0.25, -0.2) is 17.7 Å². The van der Waals surface area contributed by atoms with Crippen LogP contribution in [-0.2, 0) is 16.4 Å². The van der Waals surface area contributed by atoms with Crippen LogP contribution in [0.1, 0.15) is 44.4 Å². The zero-order chi connectivity index (χ0) is 21.6. The number of aliphatic imine (C=N–C) groups is 1. The Morgan fingerprint density at radius 1 is 1.29 bits per heavy atom. The molecule has 1 aliphatic heterocycles. The van der Waals surface area contributed by atoms with Crippen LogP contribution in [0, 0.1) is 6.92 Å². The number of hydrogen-bond donors (Lipinski definition) is 2. The van der Waals surface area contributed by atoms with Gasteiger partial charge in [0.25, 0.3) is 0 Å². The molecule has 174 valence electrons. The number of nitrogens with one attached hydrogen (secondary N) is 2. The van der Waals surface area contributed by atoms with E-state index in [9.17, 15) is 8.42 Å². The van der Waals surface area contributed by atoms with Crippen LogP contribution in [-0.4, -0.2) is 66.0 Å². The molecule has 31 heavy (non-hydrogen) atoms. The molecule has 0 amide bonds. The van der Waals surface area contributed by atoms with Crippen molar-refractivity contribution in [3.8, 4) is 0 Å². The predicted octanol–water partition coefficient (Wildman–Crippen LogP) is 2.56. The molecule has 1 saturated heterocycles. The van der Waals surface area contributed by atoms with E-state index in [4.69, 9.17) is 9.98 Å². The maximum Gasteiger partial charge on any atom is 0.214 e. The van der Waals surface area contributed by atoms with Gasteiger partial charge < -0.3 is 15.0 Å². The number of fused-ring (bicyclic) bond motifs is 1. The summed E-state index contributed by atoms with van der Waals surface area (Å²) >= 11 is 0. The molecule has 8 nitrogen and oxygen atoms in total. The van der Waals surface area contributed by atoms with Crippen LogP contribution >= 0.6 is 24.0 Å². The predicted molar refractivity (Wildman–Crippen MR) is 137 cm³/mol. The first-order chi connectivity index (χ1) is 14.4. The Labute approximate surface area is 203 Å². The van der Waals surface area contributed by atoms with Crippen LogP contribution in [0.4, 0.5) is 0 Å². The van der Waals surface area contributed by atoms with Gasteiger partial charge in [-0.1, -0.05) is 13.0 Å². The van der Waals surface area contributed by atoms with Gasteiger partial charge in [-0.2, -0.15) is 0 Å². The van der Waals surface area contributed by atoms with Gasteiger partial charge in [0.05, 0.1) is 11.4 Å². The SMILES string of the molecule is CCCS(=O)(=O)N1CCC(NC(=NCCc2cn3cccc(C)c3n2)NCC)CC1.I. The second kappa shape index (κ2) is 12.0. The molecule has 0 bridgehead atoms. The monoisotopic (exact) mass is 562 g/mol. The molecule has 0 atom stereocenters. The third-order valence-electron chi connectivity index (χ3n) is 5.36. The minimum atomic E-state index is -3.10. The van der Waals surface area contributed by atoms with E-state index in [2.05, 4.69) is 34.2 Å². The van der Waals surface area contributed by atoms with Gasteiger partial charge in [-0.15, -0.1) is 24.0 Å². The number of hydrogen-bond acceptors (Lipinski definition) is 4. The normalized spacial score (nSPS) is 16.3. The molecule has 0 aliphatic carbocycles. The quantitative estimate of drug-likeness (QED) is 0.293. The molecule has 0 unspecified atom stereocenters. The second-order valence-corrected chi connectivity index (χ2v) is 9.89. The zero-order valence-electron chi connectivity index (χ0n) is 18.7. The minimum absolute atomic E-state index is 0. The van der Waals surface area contributed by atoms with Crippen LogP contribution in [0.25, 0.3) is 5.65 Å². The molecule has 0 radical (unpaired) electrons. The largest absolute Gasteiger partial charge is 0.357 e. The van der Waals surface area contributed by atoms with E-state index in [1.54, 1.807) is 4.31 Å². The smallest absolute Gasteiger partial charge is 0.214 e. The molecule has 10 heteroatoms. The van der Waals surface area contributed by atoms with Crippen molar-refractivity contribution in [2.24, 2.45) is 4.99 Å². The first-order valence-corrected chi connectivity index (χ1v) is 12.5. The van der Waals surface area contributed by atoms with Crippen molar-refractivity contribution in [3.05, 3.63) is 35.8 Å². The van der Waals surface area contributed by atoms with E-state index in [1.165, 1.54) is 0 Å². The van der Waals surface area contributed by atoms with E-state index in [0.29, 0.717) is 26.1 Å². The van der Waals surface area contributed by atoms with Crippen molar-refractivity contribution in [1.29, 1.82) is 0 Å². The Kier molecular flexibility index (Phi) is 10.0. The van der Waals surface area contributed by atoms with E-state index in [1.807, 2.05) is 26.1 Å². The number of aryl methyl sites for hydroxylation is 1. The maximum atomic E-state index is 12.2. The number of rotatable bonds is 8. The summed E-state index contributed by atoms with van der Waals surface area (Å²) in [5.41, 5.74) is 3.18. The maximum absolute atomic E-state index is 12.2. The Morgan fingerprint density at radius 2 is 2.03 bits per heavy atom. The lowest BCUT2D eigenvalue weighted by Crippen LogP contribution is -2.50. The van der Waals surface area contributed by atoms with Crippen LogP contribution in [0.5, 0.6) is 0 Å².